The Balaban J connectivity index is 1.56. The highest BCUT2D eigenvalue weighted by molar-refractivity contribution is 7.99. The number of aromatic nitrogens is 2. The zero-order valence-corrected chi connectivity index (χ0v) is 16.8. The SMILES string of the molecule is COc1ccc(-c2noc(CSCC(=O)N3CCCC[C@H]3C)n2)cc1OC. The van der Waals surface area contributed by atoms with Crippen molar-refractivity contribution in [3.05, 3.63) is 24.1 Å². The summed E-state index contributed by atoms with van der Waals surface area (Å²) in [5.74, 6) is 3.37. The molecule has 0 unspecified atom stereocenters. The largest absolute Gasteiger partial charge is 0.493 e. The summed E-state index contributed by atoms with van der Waals surface area (Å²) in [5, 5.41) is 4.03. The molecule has 0 N–H and O–H groups in total. The van der Waals surface area contributed by atoms with Gasteiger partial charge >= 0.3 is 0 Å². The highest BCUT2D eigenvalue weighted by atomic mass is 32.2. The van der Waals surface area contributed by atoms with Crippen LogP contribution in [0.4, 0.5) is 0 Å². The molecule has 1 aromatic heterocycles. The maximum absolute atomic E-state index is 12.4. The number of likely N-dealkylation sites (tertiary alicyclic amines) is 1. The monoisotopic (exact) mass is 391 g/mol. The Bertz CT molecular complexity index is 780. The van der Waals surface area contributed by atoms with Gasteiger partial charge in [0.2, 0.25) is 17.6 Å². The van der Waals surface area contributed by atoms with Crippen LogP contribution in [0.25, 0.3) is 11.4 Å². The van der Waals surface area contributed by atoms with Gasteiger partial charge in [-0.05, 0) is 44.4 Å². The molecule has 27 heavy (non-hydrogen) atoms. The quantitative estimate of drug-likeness (QED) is 0.716. The summed E-state index contributed by atoms with van der Waals surface area (Å²) in [6.07, 6.45) is 3.40. The van der Waals surface area contributed by atoms with Crippen molar-refractivity contribution < 1.29 is 18.8 Å². The van der Waals surface area contributed by atoms with Crippen LogP contribution in [0.5, 0.6) is 11.5 Å². The summed E-state index contributed by atoms with van der Waals surface area (Å²) in [5.41, 5.74) is 0.783. The van der Waals surface area contributed by atoms with E-state index in [1.165, 1.54) is 18.2 Å². The number of benzene rings is 1. The molecule has 0 bridgehead atoms. The summed E-state index contributed by atoms with van der Waals surface area (Å²) in [6, 6.07) is 5.80. The molecular weight excluding hydrogens is 366 g/mol. The first kappa shape index (κ1) is 19.5. The Morgan fingerprint density at radius 3 is 2.85 bits per heavy atom. The lowest BCUT2D eigenvalue weighted by Gasteiger charge is -2.33. The van der Waals surface area contributed by atoms with Gasteiger partial charge in [-0.1, -0.05) is 5.16 Å². The second kappa shape index (κ2) is 9.12. The standard InChI is InChI=1S/C19H25N3O4S/c1-13-6-4-5-9-22(13)18(23)12-27-11-17-20-19(21-26-17)14-7-8-15(24-2)16(10-14)25-3/h7-8,10,13H,4-6,9,11-12H2,1-3H3/t13-/m1/s1. The van der Waals surface area contributed by atoms with Gasteiger partial charge in [0.1, 0.15) is 0 Å². The van der Waals surface area contributed by atoms with E-state index < -0.39 is 0 Å². The third-order valence-electron chi connectivity index (χ3n) is 4.68. The van der Waals surface area contributed by atoms with Gasteiger partial charge < -0.3 is 18.9 Å². The van der Waals surface area contributed by atoms with Gasteiger partial charge in [-0.2, -0.15) is 4.98 Å². The minimum absolute atomic E-state index is 0.187. The van der Waals surface area contributed by atoms with Crippen LogP contribution in [0.3, 0.4) is 0 Å². The van der Waals surface area contributed by atoms with Crippen molar-refractivity contribution in [1.82, 2.24) is 15.0 Å². The smallest absolute Gasteiger partial charge is 0.236 e. The Labute approximate surface area is 163 Å². The predicted octanol–water partition coefficient (Wildman–Crippen LogP) is 3.39. The average molecular weight is 391 g/mol. The lowest BCUT2D eigenvalue weighted by molar-refractivity contribution is -0.131. The molecule has 0 saturated carbocycles. The van der Waals surface area contributed by atoms with Gasteiger partial charge in [0.25, 0.3) is 0 Å². The van der Waals surface area contributed by atoms with Gasteiger partial charge in [0.15, 0.2) is 11.5 Å². The molecule has 7 nitrogen and oxygen atoms in total. The van der Waals surface area contributed by atoms with Gasteiger partial charge in [-0.3, -0.25) is 4.79 Å². The number of methoxy groups -OCH3 is 2. The van der Waals surface area contributed by atoms with Crippen LogP contribution < -0.4 is 9.47 Å². The second-order valence-corrected chi connectivity index (χ2v) is 7.49. The van der Waals surface area contributed by atoms with Crippen molar-refractivity contribution in [3.8, 4) is 22.9 Å². The number of amides is 1. The summed E-state index contributed by atoms with van der Waals surface area (Å²) in [7, 11) is 3.17. The number of piperidine rings is 1. The third kappa shape index (κ3) is 4.74. The fourth-order valence-electron chi connectivity index (χ4n) is 3.18. The van der Waals surface area contributed by atoms with E-state index in [4.69, 9.17) is 14.0 Å². The molecular formula is C19H25N3O4S. The Hall–Kier alpha value is -2.22. The zero-order chi connectivity index (χ0) is 19.2. The maximum atomic E-state index is 12.4. The molecule has 1 amide bonds. The van der Waals surface area contributed by atoms with E-state index >= 15 is 0 Å². The first-order chi connectivity index (χ1) is 13.1. The number of thioether (sulfide) groups is 1. The first-order valence-electron chi connectivity index (χ1n) is 9.04. The van der Waals surface area contributed by atoms with Crippen LogP contribution in [-0.2, 0) is 10.5 Å². The Morgan fingerprint density at radius 1 is 1.30 bits per heavy atom. The van der Waals surface area contributed by atoms with Gasteiger partial charge in [-0.25, -0.2) is 0 Å². The molecule has 1 saturated heterocycles. The van der Waals surface area contributed by atoms with E-state index in [1.807, 2.05) is 17.0 Å². The average Bonchev–Trinajstić information content (AvgIpc) is 3.16. The molecule has 1 aliphatic heterocycles. The van der Waals surface area contributed by atoms with Gasteiger partial charge in [0.05, 0.1) is 25.7 Å². The van der Waals surface area contributed by atoms with Crippen molar-refractivity contribution in [2.75, 3.05) is 26.5 Å². The summed E-state index contributed by atoms with van der Waals surface area (Å²) in [4.78, 5) is 18.8. The molecule has 0 aliphatic carbocycles. The molecule has 0 radical (unpaired) electrons. The fourth-order valence-corrected chi connectivity index (χ4v) is 3.92. The topological polar surface area (TPSA) is 77.7 Å². The first-order valence-corrected chi connectivity index (χ1v) is 10.2. The molecule has 1 fully saturated rings. The molecule has 2 heterocycles. The number of carbonyl (C=O) groups excluding carboxylic acids is 1. The van der Waals surface area contributed by atoms with Crippen LogP contribution >= 0.6 is 11.8 Å². The minimum atomic E-state index is 0.187. The lowest BCUT2D eigenvalue weighted by atomic mass is 10.0. The maximum Gasteiger partial charge on any atom is 0.236 e. The molecule has 3 rings (SSSR count). The van der Waals surface area contributed by atoms with Crippen LogP contribution in [0, 0.1) is 0 Å². The fraction of sp³-hybridized carbons (Fsp3) is 0.526. The van der Waals surface area contributed by atoms with E-state index in [0.29, 0.717) is 40.8 Å². The molecule has 0 spiro atoms. The zero-order valence-electron chi connectivity index (χ0n) is 15.9. The normalized spacial score (nSPS) is 17.0. The number of carbonyl (C=O) groups is 1. The van der Waals surface area contributed by atoms with Gasteiger partial charge in [0, 0.05) is 18.2 Å². The van der Waals surface area contributed by atoms with E-state index in [1.54, 1.807) is 20.3 Å². The molecule has 1 aliphatic rings. The molecule has 8 heteroatoms. The van der Waals surface area contributed by atoms with E-state index in [9.17, 15) is 4.79 Å². The highest BCUT2D eigenvalue weighted by Crippen LogP contribution is 2.31. The van der Waals surface area contributed by atoms with Crippen LogP contribution in [-0.4, -0.2) is 53.5 Å². The minimum Gasteiger partial charge on any atom is -0.493 e. The number of hydrogen-bond donors (Lipinski definition) is 0. The molecule has 1 atom stereocenters. The van der Waals surface area contributed by atoms with E-state index in [0.717, 1.165) is 24.9 Å². The van der Waals surface area contributed by atoms with Crippen molar-refractivity contribution >= 4 is 17.7 Å². The van der Waals surface area contributed by atoms with E-state index in [-0.39, 0.29) is 5.91 Å². The summed E-state index contributed by atoms with van der Waals surface area (Å²) < 4.78 is 15.9. The van der Waals surface area contributed by atoms with Crippen molar-refractivity contribution in [2.45, 2.75) is 38.0 Å². The van der Waals surface area contributed by atoms with Crippen LogP contribution in [0.1, 0.15) is 32.1 Å². The Morgan fingerprint density at radius 2 is 2.11 bits per heavy atom. The second-order valence-electron chi connectivity index (χ2n) is 6.51. The van der Waals surface area contributed by atoms with Crippen molar-refractivity contribution in [1.29, 1.82) is 0 Å². The van der Waals surface area contributed by atoms with E-state index in [2.05, 4.69) is 17.1 Å². The molecule has 2 aromatic rings. The highest BCUT2D eigenvalue weighted by Gasteiger charge is 2.23. The number of hydrogen-bond acceptors (Lipinski definition) is 7. The number of ether oxygens (including phenoxy) is 2. The van der Waals surface area contributed by atoms with Crippen LogP contribution in [0.15, 0.2) is 22.7 Å². The number of rotatable bonds is 7. The van der Waals surface area contributed by atoms with Crippen molar-refractivity contribution in [3.63, 3.8) is 0 Å². The van der Waals surface area contributed by atoms with Crippen LogP contribution in [0.2, 0.25) is 0 Å². The summed E-state index contributed by atoms with van der Waals surface area (Å²) >= 11 is 1.50. The third-order valence-corrected chi connectivity index (χ3v) is 5.59. The lowest BCUT2D eigenvalue weighted by Crippen LogP contribution is -2.42. The molecule has 146 valence electrons. The summed E-state index contributed by atoms with van der Waals surface area (Å²) in [6.45, 7) is 2.99. The van der Waals surface area contributed by atoms with Crippen molar-refractivity contribution in [2.24, 2.45) is 0 Å². The number of nitrogens with zero attached hydrogens (tertiary/aromatic N) is 3. The molecule has 1 aromatic carbocycles. The predicted molar refractivity (Wildman–Crippen MR) is 104 cm³/mol. The van der Waals surface area contributed by atoms with Gasteiger partial charge in [-0.15, -0.1) is 11.8 Å². The Kier molecular flexibility index (Phi) is 6.60.